The number of piperazine rings is 1. The predicted molar refractivity (Wildman–Crippen MR) is 61.1 cm³/mol. The van der Waals surface area contributed by atoms with Crippen LogP contribution in [0.15, 0.2) is 0 Å². The van der Waals surface area contributed by atoms with Crippen molar-refractivity contribution in [2.45, 2.75) is 40.2 Å². The maximum Gasteiger partial charge on any atom is 0.249 e. The lowest BCUT2D eigenvalue weighted by molar-refractivity contribution is -0.138. The van der Waals surface area contributed by atoms with E-state index in [2.05, 4.69) is 5.32 Å². The Morgan fingerprint density at radius 2 is 2.06 bits per heavy atom. The van der Waals surface area contributed by atoms with Gasteiger partial charge in [-0.1, -0.05) is 27.7 Å². The Morgan fingerprint density at radius 3 is 2.50 bits per heavy atom. The summed E-state index contributed by atoms with van der Waals surface area (Å²) in [7, 11) is 0. The number of amides is 2. The number of rotatable bonds is 1. The molecule has 0 saturated carbocycles. The molecule has 1 fully saturated rings. The molecule has 1 heterocycles. The van der Waals surface area contributed by atoms with Gasteiger partial charge in [0.1, 0.15) is 11.9 Å². The van der Waals surface area contributed by atoms with Crippen LogP contribution >= 0.6 is 0 Å². The molecule has 1 atom stereocenters. The molecular weight excluding hydrogens is 206 g/mol. The van der Waals surface area contributed by atoms with Gasteiger partial charge in [-0.3, -0.25) is 20.3 Å². The quantitative estimate of drug-likeness (QED) is 0.393. The van der Waals surface area contributed by atoms with Crippen LogP contribution in [0.3, 0.4) is 0 Å². The molecule has 0 aliphatic carbocycles. The minimum absolute atomic E-state index is 0.0976. The van der Waals surface area contributed by atoms with Crippen LogP contribution in [0.1, 0.15) is 34.1 Å². The van der Waals surface area contributed by atoms with Crippen molar-refractivity contribution < 1.29 is 9.59 Å². The van der Waals surface area contributed by atoms with Crippen molar-refractivity contribution >= 4 is 17.6 Å². The number of nitrogens with zero attached hydrogens (tertiary/aromatic N) is 1. The molecule has 0 aromatic rings. The summed E-state index contributed by atoms with van der Waals surface area (Å²) in [6.45, 7) is 7.68. The first-order valence-corrected chi connectivity index (χ1v) is 5.46. The molecule has 1 aliphatic rings. The summed E-state index contributed by atoms with van der Waals surface area (Å²) in [6, 6.07) is -0.399. The number of nitrogens with one attached hydrogen (secondary N) is 2. The second kappa shape index (κ2) is 4.23. The second-order valence-electron chi connectivity index (χ2n) is 5.06. The summed E-state index contributed by atoms with van der Waals surface area (Å²) in [5, 5.41) is 10.3. The summed E-state index contributed by atoms with van der Waals surface area (Å²) < 4.78 is 0. The van der Waals surface area contributed by atoms with E-state index in [9.17, 15) is 9.59 Å². The van der Waals surface area contributed by atoms with Gasteiger partial charge in [-0.15, -0.1) is 0 Å². The Bertz CT molecular complexity index is 331. The van der Waals surface area contributed by atoms with Gasteiger partial charge in [0.2, 0.25) is 11.8 Å². The molecule has 16 heavy (non-hydrogen) atoms. The van der Waals surface area contributed by atoms with Crippen molar-refractivity contribution in [2.75, 3.05) is 6.54 Å². The first kappa shape index (κ1) is 12.7. The maximum absolute atomic E-state index is 11.6. The highest BCUT2D eigenvalue weighted by atomic mass is 16.2. The number of hydrogen-bond donors (Lipinski definition) is 2. The SMILES string of the molecule is CCC1C(=O)NC(=O)CN1C(=N)C(C)(C)C. The summed E-state index contributed by atoms with van der Waals surface area (Å²) >= 11 is 0. The molecule has 0 bridgehead atoms. The summed E-state index contributed by atoms with van der Waals surface area (Å²) in [5.41, 5.74) is -0.356. The molecule has 0 aromatic heterocycles. The Morgan fingerprint density at radius 1 is 1.50 bits per heavy atom. The van der Waals surface area contributed by atoms with E-state index < -0.39 is 6.04 Å². The molecule has 0 spiro atoms. The average Bonchev–Trinajstić information content (AvgIpc) is 2.14. The standard InChI is InChI=1S/C11H19N3O2/c1-5-7-9(16)13-8(15)6-14(7)10(12)11(2,3)4/h7,12H,5-6H2,1-4H3,(H,13,15,16). The highest BCUT2D eigenvalue weighted by molar-refractivity contribution is 6.05. The van der Waals surface area contributed by atoms with Crippen LogP contribution in [0.25, 0.3) is 0 Å². The lowest BCUT2D eigenvalue weighted by atomic mass is 9.92. The van der Waals surface area contributed by atoms with Gasteiger partial charge in [-0.05, 0) is 6.42 Å². The summed E-state index contributed by atoms with van der Waals surface area (Å²) in [5.74, 6) is -0.293. The van der Waals surface area contributed by atoms with Crippen LogP contribution in [0.5, 0.6) is 0 Å². The zero-order valence-corrected chi connectivity index (χ0v) is 10.3. The van der Waals surface area contributed by atoms with Crippen LogP contribution in [-0.4, -0.2) is 35.1 Å². The molecule has 0 aromatic carbocycles. The first-order valence-electron chi connectivity index (χ1n) is 5.46. The van der Waals surface area contributed by atoms with Crippen molar-refractivity contribution in [1.29, 1.82) is 5.41 Å². The molecular formula is C11H19N3O2. The number of carbonyl (C=O) groups is 2. The minimum Gasteiger partial charge on any atom is -0.339 e. The molecule has 90 valence electrons. The van der Waals surface area contributed by atoms with Gasteiger partial charge in [0, 0.05) is 5.41 Å². The van der Waals surface area contributed by atoms with E-state index in [1.165, 1.54) is 0 Å². The van der Waals surface area contributed by atoms with Crippen LogP contribution in [0.4, 0.5) is 0 Å². The third-order valence-corrected chi connectivity index (χ3v) is 2.64. The number of carbonyl (C=O) groups excluding carboxylic acids is 2. The van der Waals surface area contributed by atoms with Crippen molar-refractivity contribution in [3.8, 4) is 0 Å². The van der Waals surface area contributed by atoms with Crippen molar-refractivity contribution in [3.05, 3.63) is 0 Å². The fourth-order valence-corrected chi connectivity index (χ4v) is 1.74. The summed E-state index contributed by atoms with van der Waals surface area (Å²) in [4.78, 5) is 24.5. The lowest BCUT2D eigenvalue weighted by Crippen LogP contribution is -2.61. The van der Waals surface area contributed by atoms with Crippen molar-refractivity contribution in [1.82, 2.24) is 10.2 Å². The third-order valence-electron chi connectivity index (χ3n) is 2.64. The number of amidine groups is 1. The molecule has 0 radical (unpaired) electrons. The smallest absolute Gasteiger partial charge is 0.249 e. The molecule has 1 rings (SSSR count). The van der Waals surface area contributed by atoms with Crippen molar-refractivity contribution in [3.63, 3.8) is 0 Å². The van der Waals surface area contributed by atoms with E-state index in [0.29, 0.717) is 12.3 Å². The minimum atomic E-state index is -0.399. The highest BCUT2D eigenvalue weighted by Crippen LogP contribution is 2.21. The van der Waals surface area contributed by atoms with E-state index in [1.54, 1.807) is 4.90 Å². The second-order valence-corrected chi connectivity index (χ2v) is 5.06. The largest absolute Gasteiger partial charge is 0.339 e. The third kappa shape index (κ3) is 2.40. The lowest BCUT2D eigenvalue weighted by Gasteiger charge is -2.39. The normalized spacial score (nSPS) is 22.0. The zero-order valence-electron chi connectivity index (χ0n) is 10.3. The summed E-state index contributed by atoms with van der Waals surface area (Å²) in [6.07, 6.45) is 0.595. The zero-order chi connectivity index (χ0) is 12.5. The van der Waals surface area contributed by atoms with Gasteiger partial charge >= 0.3 is 0 Å². The average molecular weight is 225 g/mol. The number of hydrogen-bond acceptors (Lipinski definition) is 3. The van der Waals surface area contributed by atoms with Crippen LogP contribution in [0.2, 0.25) is 0 Å². The van der Waals surface area contributed by atoms with Crippen LogP contribution in [-0.2, 0) is 9.59 Å². The molecule has 2 N–H and O–H groups in total. The Hall–Kier alpha value is -1.39. The maximum atomic E-state index is 11.6. The highest BCUT2D eigenvalue weighted by Gasteiger charge is 2.37. The van der Waals surface area contributed by atoms with Gasteiger partial charge in [-0.25, -0.2) is 0 Å². The van der Waals surface area contributed by atoms with Gasteiger partial charge in [0.25, 0.3) is 0 Å². The Kier molecular flexibility index (Phi) is 3.35. The monoisotopic (exact) mass is 225 g/mol. The molecule has 5 nitrogen and oxygen atoms in total. The Balaban J connectivity index is 2.95. The first-order chi connectivity index (χ1) is 7.27. The molecule has 1 saturated heterocycles. The van der Waals surface area contributed by atoms with Gasteiger partial charge < -0.3 is 4.90 Å². The van der Waals surface area contributed by atoms with Crippen LogP contribution < -0.4 is 5.32 Å². The fourth-order valence-electron chi connectivity index (χ4n) is 1.74. The van der Waals surface area contributed by atoms with E-state index in [0.717, 1.165) is 0 Å². The van der Waals surface area contributed by atoms with E-state index >= 15 is 0 Å². The van der Waals surface area contributed by atoms with E-state index in [1.807, 2.05) is 27.7 Å². The van der Waals surface area contributed by atoms with E-state index in [-0.39, 0.29) is 23.8 Å². The van der Waals surface area contributed by atoms with E-state index in [4.69, 9.17) is 5.41 Å². The van der Waals surface area contributed by atoms with Crippen LogP contribution in [0, 0.1) is 10.8 Å². The molecule has 1 unspecified atom stereocenters. The molecule has 2 amide bonds. The predicted octanol–water partition coefficient (Wildman–Crippen LogP) is 0.747. The topological polar surface area (TPSA) is 73.3 Å². The van der Waals surface area contributed by atoms with Gasteiger partial charge in [0.15, 0.2) is 0 Å². The van der Waals surface area contributed by atoms with Gasteiger partial charge in [0.05, 0.1) is 6.54 Å². The molecule has 1 aliphatic heterocycles. The Labute approximate surface area is 95.7 Å². The van der Waals surface area contributed by atoms with Gasteiger partial charge in [-0.2, -0.15) is 0 Å². The van der Waals surface area contributed by atoms with Crippen molar-refractivity contribution in [2.24, 2.45) is 5.41 Å². The number of imide groups is 1. The molecule has 5 heteroatoms. The fraction of sp³-hybridized carbons (Fsp3) is 0.727.